The molecule has 0 aliphatic heterocycles. The van der Waals surface area contributed by atoms with Gasteiger partial charge in [-0.2, -0.15) is 0 Å². The van der Waals surface area contributed by atoms with Crippen LogP contribution in [-0.2, 0) is 19.6 Å². The van der Waals surface area contributed by atoms with Gasteiger partial charge in [-0.15, -0.1) is 0 Å². The Kier molecular flexibility index (Phi) is 6.04. The number of rotatable bonds is 7. The monoisotopic (exact) mass is 278 g/mol. The number of hydrogen-bond donors (Lipinski definition) is 2. The van der Waals surface area contributed by atoms with E-state index < -0.39 is 16.0 Å². The summed E-state index contributed by atoms with van der Waals surface area (Å²) in [5, 5.41) is 0. The fraction of sp³-hybridized carbons (Fsp3) is 0.909. The molecule has 1 aliphatic carbocycles. The third kappa shape index (κ3) is 4.91. The van der Waals surface area contributed by atoms with Crippen molar-refractivity contribution in [3.63, 3.8) is 0 Å². The molecule has 0 bridgehead atoms. The number of nitrogens with one attached hydrogen (secondary N) is 1. The summed E-state index contributed by atoms with van der Waals surface area (Å²) in [5.41, 5.74) is 5.60. The highest BCUT2D eigenvalue weighted by atomic mass is 32.2. The topological polar surface area (TPSA) is 98.5 Å². The number of esters is 1. The summed E-state index contributed by atoms with van der Waals surface area (Å²) in [6.07, 6.45) is 2.66. The molecule has 106 valence electrons. The van der Waals surface area contributed by atoms with Gasteiger partial charge in [-0.25, -0.2) is 13.1 Å². The molecule has 2 unspecified atom stereocenters. The number of ether oxygens (including phenoxy) is 1. The Labute approximate surface area is 108 Å². The van der Waals surface area contributed by atoms with Crippen molar-refractivity contribution < 1.29 is 17.9 Å². The Morgan fingerprint density at radius 2 is 2.17 bits per heavy atom. The van der Waals surface area contributed by atoms with Crippen molar-refractivity contribution >= 4 is 16.0 Å². The van der Waals surface area contributed by atoms with E-state index in [1.54, 1.807) is 6.92 Å². The molecule has 0 heterocycles. The van der Waals surface area contributed by atoms with Crippen LogP contribution in [0.2, 0.25) is 0 Å². The maximum absolute atomic E-state index is 11.8. The second-order valence-electron chi connectivity index (χ2n) is 4.52. The lowest BCUT2D eigenvalue weighted by Crippen LogP contribution is -2.41. The molecule has 0 spiro atoms. The van der Waals surface area contributed by atoms with E-state index >= 15 is 0 Å². The van der Waals surface area contributed by atoms with E-state index in [0.717, 1.165) is 19.3 Å². The molecule has 1 rings (SSSR count). The fourth-order valence-electron chi connectivity index (χ4n) is 2.21. The second-order valence-corrected chi connectivity index (χ2v) is 6.40. The predicted octanol–water partition coefficient (Wildman–Crippen LogP) is -0.0136. The summed E-state index contributed by atoms with van der Waals surface area (Å²) >= 11 is 0. The van der Waals surface area contributed by atoms with Gasteiger partial charge in [0.15, 0.2) is 0 Å². The van der Waals surface area contributed by atoms with Crippen LogP contribution in [0.25, 0.3) is 0 Å². The first kappa shape index (κ1) is 15.4. The number of sulfonamides is 1. The molecule has 1 saturated carbocycles. The second kappa shape index (κ2) is 7.06. The summed E-state index contributed by atoms with van der Waals surface area (Å²) in [5.74, 6) is -0.494. The molecule has 0 amide bonds. The number of carbonyl (C=O) groups is 1. The first-order valence-corrected chi connectivity index (χ1v) is 7.99. The van der Waals surface area contributed by atoms with E-state index in [1.165, 1.54) is 0 Å². The average molecular weight is 278 g/mol. The first-order chi connectivity index (χ1) is 8.48. The van der Waals surface area contributed by atoms with Gasteiger partial charge in [0.1, 0.15) is 0 Å². The van der Waals surface area contributed by atoms with E-state index in [4.69, 9.17) is 10.5 Å². The van der Waals surface area contributed by atoms with Gasteiger partial charge in [0.05, 0.1) is 18.8 Å². The Hall–Kier alpha value is -0.660. The highest BCUT2D eigenvalue weighted by Crippen LogP contribution is 2.25. The molecule has 1 aliphatic rings. The van der Waals surface area contributed by atoms with Crippen LogP contribution in [0.15, 0.2) is 0 Å². The quantitative estimate of drug-likeness (QED) is 0.638. The smallest absolute Gasteiger partial charge is 0.306 e. The van der Waals surface area contributed by atoms with Crippen LogP contribution < -0.4 is 10.5 Å². The van der Waals surface area contributed by atoms with Crippen LogP contribution in [-0.4, -0.2) is 39.3 Å². The van der Waals surface area contributed by atoms with E-state index in [9.17, 15) is 13.2 Å². The third-order valence-corrected chi connectivity index (χ3v) is 4.58. The number of nitrogens with two attached hydrogens (primary N) is 1. The number of hydrogen-bond acceptors (Lipinski definition) is 5. The lowest BCUT2D eigenvalue weighted by molar-refractivity contribution is -0.142. The molecule has 18 heavy (non-hydrogen) atoms. The highest BCUT2D eigenvalue weighted by molar-refractivity contribution is 7.89. The van der Waals surface area contributed by atoms with Gasteiger partial charge in [0.2, 0.25) is 10.0 Å². The molecule has 1 fully saturated rings. The van der Waals surface area contributed by atoms with Crippen LogP contribution in [0.3, 0.4) is 0 Å². The molecule has 3 N–H and O–H groups in total. The molecule has 2 atom stereocenters. The molecular formula is C11H22N2O4S. The minimum absolute atomic E-state index is 0.0813. The zero-order valence-electron chi connectivity index (χ0n) is 10.7. The van der Waals surface area contributed by atoms with Crippen molar-refractivity contribution in [1.82, 2.24) is 4.72 Å². The molecule has 7 heteroatoms. The summed E-state index contributed by atoms with van der Waals surface area (Å²) in [6.45, 7) is 2.45. The van der Waals surface area contributed by atoms with Crippen molar-refractivity contribution in [2.45, 2.75) is 38.6 Å². The highest BCUT2D eigenvalue weighted by Gasteiger charge is 2.29. The summed E-state index contributed by atoms with van der Waals surface area (Å²) in [7, 11) is -3.43. The minimum atomic E-state index is -3.43. The van der Waals surface area contributed by atoms with E-state index in [0.29, 0.717) is 6.54 Å². The number of carbonyl (C=O) groups excluding carboxylic acids is 1. The van der Waals surface area contributed by atoms with Gasteiger partial charge >= 0.3 is 5.97 Å². The van der Waals surface area contributed by atoms with Gasteiger partial charge in [0.25, 0.3) is 0 Å². The Bertz CT molecular complexity index is 369. The van der Waals surface area contributed by atoms with Crippen molar-refractivity contribution in [1.29, 1.82) is 0 Å². The summed E-state index contributed by atoms with van der Waals surface area (Å²) in [6, 6.07) is -0.0813. The summed E-state index contributed by atoms with van der Waals surface area (Å²) < 4.78 is 30.9. The van der Waals surface area contributed by atoms with Gasteiger partial charge in [0, 0.05) is 6.04 Å². The van der Waals surface area contributed by atoms with Crippen molar-refractivity contribution in [3.05, 3.63) is 0 Å². The molecule has 0 aromatic carbocycles. The third-order valence-electron chi connectivity index (χ3n) is 3.17. The molecular weight excluding hydrogens is 256 g/mol. The van der Waals surface area contributed by atoms with Crippen LogP contribution in [0, 0.1) is 5.92 Å². The van der Waals surface area contributed by atoms with Crippen LogP contribution in [0.4, 0.5) is 0 Å². The van der Waals surface area contributed by atoms with Crippen molar-refractivity contribution in [2.24, 2.45) is 11.7 Å². The Balaban J connectivity index is 2.42. The lowest BCUT2D eigenvalue weighted by atomic mass is 10.1. The fourth-order valence-corrected chi connectivity index (χ4v) is 3.54. The zero-order valence-corrected chi connectivity index (χ0v) is 11.5. The summed E-state index contributed by atoms with van der Waals surface area (Å²) in [4.78, 5) is 11.1. The predicted molar refractivity (Wildman–Crippen MR) is 68.4 cm³/mol. The Morgan fingerprint density at radius 3 is 2.78 bits per heavy atom. The largest absolute Gasteiger partial charge is 0.466 e. The molecule has 0 aromatic rings. The molecule has 6 nitrogen and oxygen atoms in total. The maximum atomic E-state index is 11.8. The Morgan fingerprint density at radius 1 is 1.44 bits per heavy atom. The van der Waals surface area contributed by atoms with Crippen LogP contribution in [0.5, 0.6) is 0 Å². The maximum Gasteiger partial charge on any atom is 0.306 e. The van der Waals surface area contributed by atoms with Crippen molar-refractivity contribution in [2.75, 3.05) is 18.9 Å². The molecule has 0 saturated heterocycles. The van der Waals surface area contributed by atoms with E-state index in [1.807, 2.05) is 0 Å². The van der Waals surface area contributed by atoms with E-state index in [2.05, 4.69) is 4.72 Å². The van der Waals surface area contributed by atoms with Crippen LogP contribution >= 0.6 is 0 Å². The first-order valence-electron chi connectivity index (χ1n) is 6.34. The molecule has 0 radical (unpaired) electrons. The van der Waals surface area contributed by atoms with Gasteiger partial charge in [-0.05, 0) is 32.2 Å². The van der Waals surface area contributed by atoms with Crippen LogP contribution in [0.1, 0.15) is 32.6 Å². The lowest BCUT2D eigenvalue weighted by Gasteiger charge is -2.19. The van der Waals surface area contributed by atoms with Gasteiger partial charge in [-0.3, -0.25) is 4.79 Å². The van der Waals surface area contributed by atoms with Gasteiger partial charge in [-0.1, -0.05) is 6.42 Å². The standard InChI is InChI=1S/C11H22N2O4S/c1-2-17-11(14)6-7-18(15,16)13-10-5-3-4-9(10)8-12/h9-10,13H,2-8,12H2,1H3. The van der Waals surface area contributed by atoms with Crippen molar-refractivity contribution in [3.8, 4) is 0 Å². The SMILES string of the molecule is CCOC(=O)CCS(=O)(=O)NC1CCCC1CN. The van der Waals surface area contributed by atoms with Gasteiger partial charge < -0.3 is 10.5 Å². The normalized spacial score (nSPS) is 24.1. The van der Waals surface area contributed by atoms with E-state index in [-0.39, 0.29) is 30.7 Å². The zero-order chi connectivity index (χ0) is 13.6. The average Bonchev–Trinajstić information content (AvgIpc) is 2.73. The minimum Gasteiger partial charge on any atom is -0.466 e. The molecule has 0 aromatic heterocycles.